The van der Waals surface area contributed by atoms with Gasteiger partial charge in [-0.15, -0.1) is 0 Å². The van der Waals surface area contributed by atoms with Crippen LogP contribution in [0.4, 0.5) is 4.39 Å². The summed E-state index contributed by atoms with van der Waals surface area (Å²) in [6.07, 6.45) is 5.01. The van der Waals surface area contributed by atoms with E-state index in [9.17, 15) is 14.3 Å². The first kappa shape index (κ1) is 15.9. The average Bonchev–Trinajstić information content (AvgIpc) is 3.02. The van der Waals surface area contributed by atoms with Crippen LogP contribution in [0.15, 0.2) is 55.0 Å². The Labute approximate surface area is 138 Å². The Balaban J connectivity index is 2.21. The minimum atomic E-state index is -1.21. The normalized spacial score (nSPS) is 11.5. The number of carbonyl (C=O) groups is 1. The van der Waals surface area contributed by atoms with Gasteiger partial charge in [0.25, 0.3) is 0 Å². The summed E-state index contributed by atoms with van der Waals surface area (Å²) in [4.78, 5) is 15.5. The molecule has 0 aliphatic heterocycles. The van der Waals surface area contributed by atoms with Gasteiger partial charge in [-0.2, -0.15) is 5.10 Å². The third kappa shape index (κ3) is 2.78. The maximum Gasteiger partial charge on any atom is 0.331 e. The Kier molecular flexibility index (Phi) is 3.89. The van der Waals surface area contributed by atoms with Gasteiger partial charge in [0, 0.05) is 29.7 Å². The Morgan fingerprint density at radius 3 is 2.29 bits per heavy atom. The molecule has 6 heteroatoms. The SMILES string of the molecule is CC(C)(C(=O)O)n1cc(-c2ccncc2)c(-c2ccc(F)cc2)n1. The summed E-state index contributed by atoms with van der Waals surface area (Å²) in [5.41, 5.74) is 1.72. The molecular formula is C18H16FN3O2. The van der Waals surface area contributed by atoms with Crippen molar-refractivity contribution in [1.29, 1.82) is 0 Å². The van der Waals surface area contributed by atoms with Crippen LogP contribution in [0.1, 0.15) is 13.8 Å². The third-order valence-electron chi connectivity index (χ3n) is 3.92. The lowest BCUT2D eigenvalue weighted by atomic mass is 10.0. The average molecular weight is 325 g/mol. The van der Waals surface area contributed by atoms with Crippen molar-refractivity contribution in [2.24, 2.45) is 0 Å². The number of hydrogen-bond donors (Lipinski definition) is 1. The maximum absolute atomic E-state index is 13.2. The van der Waals surface area contributed by atoms with E-state index in [1.165, 1.54) is 16.8 Å². The van der Waals surface area contributed by atoms with E-state index in [0.29, 0.717) is 11.3 Å². The Hall–Kier alpha value is -3.02. The van der Waals surface area contributed by atoms with Crippen molar-refractivity contribution in [3.05, 3.63) is 60.8 Å². The Morgan fingerprint density at radius 1 is 1.08 bits per heavy atom. The molecule has 0 unspecified atom stereocenters. The molecule has 5 nitrogen and oxygen atoms in total. The van der Waals surface area contributed by atoms with E-state index in [1.807, 2.05) is 12.1 Å². The predicted molar refractivity (Wildman–Crippen MR) is 87.8 cm³/mol. The van der Waals surface area contributed by atoms with Gasteiger partial charge in [0.1, 0.15) is 11.5 Å². The quantitative estimate of drug-likeness (QED) is 0.796. The van der Waals surface area contributed by atoms with Crippen LogP contribution >= 0.6 is 0 Å². The van der Waals surface area contributed by atoms with Crippen molar-refractivity contribution in [1.82, 2.24) is 14.8 Å². The molecule has 1 N–H and O–H groups in total. The molecule has 2 heterocycles. The second-order valence-electron chi connectivity index (χ2n) is 5.94. The molecule has 3 rings (SSSR count). The molecule has 0 fully saturated rings. The van der Waals surface area contributed by atoms with Crippen molar-refractivity contribution in [3.8, 4) is 22.4 Å². The van der Waals surface area contributed by atoms with Crippen LogP contribution in [0.5, 0.6) is 0 Å². The summed E-state index contributed by atoms with van der Waals surface area (Å²) < 4.78 is 14.6. The van der Waals surface area contributed by atoms with E-state index < -0.39 is 11.5 Å². The van der Waals surface area contributed by atoms with Crippen molar-refractivity contribution >= 4 is 5.97 Å². The van der Waals surface area contributed by atoms with Gasteiger partial charge in [0.15, 0.2) is 5.54 Å². The van der Waals surface area contributed by atoms with Gasteiger partial charge in [-0.25, -0.2) is 9.18 Å². The first-order valence-corrected chi connectivity index (χ1v) is 7.39. The molecular weight excluding hydrogens is 309 g/mol. The second kappa shape index (κ2) is 5.88. The highest BCUT2D eigenvalue weighted by Gasteiger charge is 2.31. The van der Waals surface area contributed by atoms with E-state index in [0.717, 1.165) is 11.1 Å². The molecule has 0 bridgehead atoms. The zero-order valence-electron chi connectivity index (χ0n) is 13.3. The topological polar surface area (TPSA) is 68.0 Å². The van der Waals surface area contributed by atoms with Crippen LogP contribution < -0.4 is 0 Å². The number of nitrogens with zero attached hydrogens (tertiary/aromatic N) is 3. The molecule has 0 aliphatic rings. The largest absolute Gasteiger partial charge is 0.479 e. The van der Waals surface area contributed by atoms with Gasteiger partial charge in [-0.05, 0) is 55.8 Å². The first-order valence-electron chi connectivity index (χ1n) is 7.39. The number of aromatic nitrogens is 3. The van der Waals surface area contributed by atoms with E-state index in [1.54, 1.807) is 44.6 Å². The second-order valence-corrected chi connectivity index (χ2v) is 5.94. The highest BCUT2D eigenvalue weighted by molar-refractivity contribution is 5.81. The highest BCUT2D eigenvalue weighted by Crippen LogP contribution is 2.32. The van der Waals surface area contributed by atoms with Crippen LogP contribution in [-0.4, -0.2) is 25.8 Å². The van der Waals surface area contributed by atoms with Crippen LogP contribution in [0.2, 0.25) is 0 Å². The fourth-order valence-corrected chi connectivity index (χ4v) is 2.32. The number of halogens is 1. The Bertz CT molecular complexity index is 871. The molecule has 0 spiro atoms. The lowest BCUT2D eigenvalue weighted by Gasteiger charge is -2.19. The summed E-state index contributed by atoms with van der Waals surface area (Å²) >= 11 is 0. The first-order chi connectivity index (χ1) is 11.4. The van der Waals surface area contributed by atoms with Gasteiger partial charge in [-0.3, -0.25) is 9.67 Å². The molecule has 122 valence electrons. The number of hydrogen-bond acceptors (Lipinski definition) is 3. The number of pyridine rings is 1. The molecule has 24 heavy (non-hydrogen) atoms. The van der Waals surface area contributed by atoms with Gasteiger partial charge < -0.3 is 5.11 Å². The van der Waals surface area contributed by atoms with Gasteiger partial charge in [-0.1, -0.05) is 0 Å². The Morgan fingerprint density at radius 2 is 1.71 bits per heavy atom. The van der Waals surface area contributed by atoms with E-state index in [-0.39, 0.29) is 5.82 Å². The smallest absolute Gasteiger partial charge is 0.331 e. The molecule has 0 radical (unpaired) electrons. The van der Waals surface area contributed by atoms with Crippen molar-refractivity contribution in [2.75, 3.05) is 0 Å². The molecule has 0 saturated heterocycles. The third-order valence-corrected chi connectivity index (χ3v) is 3.92. The molecule has 0 saturated carbocycles. The summed E-state index contributed by atoms with van der Waals surface area (Å²) in [6, 6.07) is 9.60. The fraction of sp³-hybridized carbons (Fsp3) is 0.167. The zero-order chi connectivity index (χ0) is 17.3. The van der Waals surface area contributed by atoms with E-state index in [4.69, 9.17) is 0 Å². The number of carboxylic acids is 1. The van der Waals surface area contributed by atoms with Crippen LogP contribution in [0.3, 0.4) is 0 Å². The molecule has 3 aromatic rings. The monoisotopic (exact) mass is 325 g/mol. The molecule has 0 aliphatic carbocycles. The number of aliphatic carboxylic acids is 1. The summed E-state index contributed by atoms with van der Waals surface area (Å²) in [6.45, 7) is 3.15. The molecule has 1 aromatic carbocycles. The summed E-state index contributed by atoms with van der Waals surface area (Å²) in [7, 11) is 0. The van der Waals surface area contributed by atoms with Gasteiger partial charge >= 0.3 is 5.97 Å². The van der Waals surface area contributed by atoms with Gasteiger partial charge in [0.2, 0.25) is 0 Å². The summed E-state index contributed by atoms with van der Waals surface area (Å²) in [5, 5.41) is 13.9. The van der Waals surface area contributed by atoms with Crippen molar-refractivity contribution < 1.29 is 14.3 Å². The van der Waals surface area contributed by atoms with Crippen LogP contribution in [-0.2, 0) is 10.3 Å². The van der Waals surface area contributed by atoms with Crippen LogP contribution in [0, 0.1) is 5.82 Å². The fourth-order valence-electron chi connectivity index (χ4n) is 2.32. The van der Waals surface area contributed by atoms with Crippen molar-refractivity contribution in [3.63, 3.8) is 0 Å². The lowest BCUT2D eigenvalue weighted by molar-refractivity contribution is -0.146. The van der Waals surface area contributed by atoms with Crippen molar-refractivity contribution in [2.45, 2.75) is 19.4 Å². The lowest BCUT2D eigenvalue weighted by Crippen LogP contribution is -2.36. The van der Waals surface area contributed by atoms with Gasteiger partial charge in [0.05, 0.1) is 0 Å². The van der Waals surface area contributed by atoms with E-state index >= 15 is 0 Å². The maximum atomic E-state index is 13.2. The highest BCUT2D eigenvalue weighted by atomic mass is 19.1. The number of carboxylic acid groups (broad SMARTS) is 1. The number of benzene rings is 1. The standard InChI is InChI=1S/C18H16FN3O2/c1-18(2,17(23)24)22-11-15(12-7-9-20-10-8-12)16(21-22)13-3-5-14(19)6-4-13/h3-11H,1-2H3,(H,23,24). The van der Waals surface area contributed by atoms with E-state index in [2.05, 4.69) is 10.1 Å². The van der Waals surface area contributed by atoms with Crippen LogP contribution in [0.25, 0.3) is 22.4 Å². The molecule has 0 atom stereocenters. The minimum absolute atomic E-state index is 0.338. The molecule has 0 amide bonds. The molecule has 2 aromatic heterocycles. The zero-order valence-corrected chi connectivity index (χ0v) is 13.3. The summed E-state index contributed by atoms with van der Waals surface area (Å²) in [5.74, 6) is -1.33. The predicted octanol–water partition coefficient (Wildman–Crippen LogP) is 3.57. The number of rotatable bonds is 4. The minimum Gasteiger partial charge on any atom is -0.479 e.